The molecule has 0 aliphatic heterocycles. The van der Waals surface area contributed by atoms with Crippen LogP contribution in [0.15, 0.2) is 23.1 Å². The molecular weight excluding hydrogens is 392 g/mol. The molecule has 1 amide bonds. The highest BCUT2D eigenvalue weighted by molar-refractivity contribution is 7.89. The fourth-order valence-corrected chi connectivity index (χ4v) is 4.14. The molecule has 0 heterocycles. The summed E-state index contributed by atoms with van der Waals surface area (Å²) in [6, 6.07) is 3.66. The van der Waals surface area contributed by atoms with Crippen LogP contribution in [-0.2, 0) is 19.6 Å². The summed E-state index contributed by atoms with van der Waals surface area (Å²) in [5.74, 6) is -1.23. The zero-order valence-electron chi connectivity index (χ0n) is 16.5. The van der Waals surface area contributed by atoms with Crippen LogP contribution in [0.4, 0.5) is 0 Å². The van der Waals surface area contributed by atoms with E-state index in [0.29, 0.717) is 12.8 Å². The van der Waals surface area contributed by atoms with Gasteiger partial charge in [0.1, 0.15) is 5.54 Å². The van der Waals surface area contributed by atoms with Gasteiger partial charge in [0.2, 0.25) is 10.0 Å². The van der Waals surface area contributed by atoms with Gasteiger partial charge in [-0.05, 0) is 45.4 Å². The van der Waals surface area contributed by atoms with E-state index < -0.39 is 27.4 Å². The third kappa shape index (κ3) is 5.21. The van der Waals surface area contributed by atoms with Crippen molar-refractivity contribution in [3.8, 4) is 0 Å². The molecule has 1 rings (SSSR count). The standard InChI is InChI=1S/C18H27ClN2O5S/c1-7-10-18(4,17(23)26-6)20-16(22)14-11-13(8-9-15(14)19)27(24,25)21(5)12(2)3/h8-9,11-12H,7,10H2,1-6H3,(H,20,22). The van der Waals surface area contributed by atoms with E-state index in [4.69, 9.17) is 16.3 Å². The Kier molecular flexibility index (Phi) is 7.83. The first-order valence-electron chi connectivity index (χ1n) is 8.59. The number of carbonyl (C=O) groups is 2. The summed E-state index contributed by atoms with van der Waals surface area (Å²) < 4.78 is 31.3. The van der Waals surface area contributed by atoms with Gasteiger partial charge >= 0.3 is 5.97 Å². The Balaban J connectivity index is 3.31. The number of amides is 1. The Morgan fingerprint density at radius 3 is 2.41 bits per heavy atom. The number of ether oxygens (including phenoxy) is 1. The molecule has 0 spiro atoms. The molecule has 0 bridgehead atoms. The Hall–Kier alpha value is -1.64. The molecule has 0 aromatic heterocycles. The number of nitrogens with zero attached hydrogens (tertiary/aromatic N) is 1. The molecule has 0 radical (unpaired) electrons. The minimum absolute atomic E-state index is 0.0267. The summed E-state index contributed by atoms with van der Waals surface area (Å²) in [7, 11) is -1.08. The summed E-state index contributed by atoms with van der Waals surface area (Å²) >= 11 is 6.12. The summed E-state index contributed by atoms with van der Waals surface area (Å²) in [4.78, 5) is 24.8. The lowest BCUT2D eigenvalue weighted by Gasteiger charge is -2.28. The lowest BCUT2D eigenvalue weighted by Crippen LogP contribution is -2.52. The number of hydrogen-bond acceptors (Lipinski definition) is 5. The number of halogens is 1. The number of rotatable bonds is 8. The highest BCUT2D eigenvalue weighted by Crippen LogP contribution is 2.25. The molecule has 27 heavy (non-hydrogen) atoms. The number of methoxy groups -OCH3 is 1. The fraction of sp³-hybridized carbons (Fsp3) is 0.556. The van der Waals surface area contributed by atoms with Crippen molar-refractivity contribution in [2.75, 3.05) is 14.2 Å². The van der Waals surface area contributed by atoms with Crippen LogP contribution < -0.4 is 5.32 Å². The van der Waals surface area contributed by atoms with Gasteiger partial charge in [-0.25, -0.2) is 13.2 Å². The van der Waals surface area contributed by atoms with E-state index in [9.17, 15) is 18.0 Å². The second kappa shape index (κ2) is 9.03. The smallest absolute Gasteiger partial charge is 0.331 e. The van der Waals surface area contributed by atoms with Crippen LogP contribution in [-0.4, -0.2) is 50.3 Å². The van der Waals surface area contributed by atoms with Crippen LogP contribution in [0.3, 0.4) is 0 Å². The number of hydrogen-bond donors (Lipinski definition) is 1. The van der Waals surface area contributed by atoms with Crippen LogP contribution in [0.1, 0.15) is 50.9 Å². The lowest BCUT2D eigenvalue weighted by atomic mass is 9.95. The molecule has 1 atom stereocenters. The molecule has 0 saturated heterocycles. The molecule has 7 nitrogen and oxygen atoms in total. The number of carbonyl (C=O) groups excluding carboxylic acids is 2. The maximum Gasteiger partial charge on any atom is 0.331 e. The number of nitrogens with one attached hydrogen (secondary N) is 1. The fourth-order valence-electron chi connectivity index (χ4n) is 2.54. The highest BCUT2D eigenvalue weighted by atomic mass is 35.5. The zero-order chi connectivity index (χ0) is 21.0. The predicted molar refractivity (Wildman–Crippen MR) is 104 cm³/mol. The Labute approximate surface area is 166 Å². The molecule has 0 aliphatic rings. The average Bonchev–Trinajstić information content (AvgIpc) is 2.60. The van der Waals surface area contributed by atoms with E-state index in [0.717, 1.165) is 0 Å². The van der Waals surface area contributed by atoms with Gasteiger partial charge in [0.25, 0.3) is 5.91 Å². The highest BCUT2D eigenvalue weighted by Gasteiger charge is 2.36. The van der Waals surface area contributed by atoms with Gasteiger partial charge in [-0.1, -0.05) is 24.9 Å². The second-order valence-corrected chi connectivity index (χ2v) is 9.19. The van der Waals surface area contributed by atoms with Crippen LogP contribution >= 0.6 is 11.6 Å². The third-order valence-corrected chi connectivity index (χ3v) is 6.72. The van der Waals surface area contributed by atoms with Gasteiger partial charge in [0, 0.05) is 13.1 Å². The summed E-state index contributed by atoms with van der Waals surface area (Å²) in [6.07, 6.45) is 0.990. The third-order valence-electron chi connectivity index (χ3n) is 4.36. The molecule has 9 heteroatoms. The second-order valence-electron chi connectivity index (χ2n) is 6.78. The lowest BCUT2D eigenvalue weighted by molar-refractivity contribution is -0.147. The number of benzene rings is 1. The van der Waals surface area contributed by atoms with Gasteiger partial charge < -0.3 is 10.1 Å². The summed E-state index contributed by atoms with van der Waals surface area (Å²) in [5, 5.41) is 2.71. The molecule has 0 aliphatic carbocycles. The minimum Gasteiger partial charge on any atom is -0.467 e. The normalized spacial score (nSPS) is 14.1. The van der Waals surface area contributed by atoms with Crippen LogP contribution in [0.5, 0.6) is 0 Å². The molecule has 1 N–H and O–H groups in total. The quantitative estimate of drug-likeness (QED) is 0.655. The summed E-state index contributed by atoms with van der Waals surface area (Å²) in [6.45, 7) is 6.91. The molecule has 1 unspecified atom stereocenters. The van der Waals surface area contributed by atoms with Gasteiger partial charge in [0.15, 0.2) is 0 Å². The van der Waals surface area contributed by atoms with E-state index in [-0.39, 0.29) is 21.5 Å². The molecule has 0 fully saturated rings. The van der Waals surface area contributed by atoms with E-state index in [1.807, 2.05) is 6.92 Å². The van der Waals surface area contributed by atoms with E-state index in [1.165, 1.54) is 36.7 Å². The number of esters is 1. The Morgan fingerprint density at radius 2 is 1.93 bits per heavy atom. The minimum atomic E-state index is -3.78. The first-order chi connectivity index (χ1) is 12.4. The van der Waals surface area contributed by atoms with Gasteiger partial charge in [-0.3, -0.25) is 4.79 Å². The molecule has 1 aromatic rings. The Bertz CT molecular complexity index is 810. The van der Waals surface area contributed by atoms with E-state index >= 15 is 0 Å². The maximum absolute atomic E-state index is 12.7. The van der Waals surface area contributed by atoms with E-state index in [2.05, 4.69) is 5.32 Å². The largest absolute Gasteiger partial charge is 0.467 e. The number of sulfonamides is 1. The van der Waals surface area contributed by atoms with Crippen molar-refractivity contribution >= 4 is 33.5 Å². The van der Waals surface area contributed by atoms with Gasteiger partial charge in [0.05, 0.1) is 22.6 Å². The van der Waals surface area contributed by atoms with Crippen molar-refractivity contribution in [2.24, 2.45) is 0 Å². The SMILES string of the molecule is CCCC(C)(NC(=O)c1cc(S(=O)(=O)N(C)C(C)C)ccc1Cl)C(=O)OC. The van der Waals surface area contributed by atoms with Gasteiger partial charge in [-0.2, -0.15) is 4.31 Å². The zero-order valence-corrected chi connectivity index (χ0v) is 18.1. The van der Waals surface area contributed by atoms with E-state index in [1.54, 1.807) is 20.8 Å². The van der Waals surface area contributed by atoms with Crippen molar-refractivity contribution in [3.63, 3.8) is 0 Å². The molecule has 0 saturated carbocycles. The topological polar surface area (TPSA) is 92.8 Å². The first kappa shape index (κ1) is 23.4. The molecular formula is C18H27ClN2O5S. The Morgan fingerprint density at radius 1 is 1.33 bits per heavy atom. The van der Waals surface area contributed by atoms with Crippen LogP contribution in [0.25, 0.3) is 0 Å². The first-order valence-corrected chi connectivity index (χ1v) is 10.4. The maximum atomic E-state index is 12.7. The predicted octanol–water partition coefficient (Wildman–Crippen LogP) is 2.83. The average molecular weight is 419 g/mol. The van der Waals surface area contributed by atoms with Gasteiger partial charge in [-0.15, -0.1) is 0 Å². The molecule has 152 valence electrons. The van der Waals surface area contributed by atoms with Crippen LogP contribution in [0, 0.1) is 0 Å². The molecule has 1 aromatic carbocycles. The van der Waals surface area contributed by atoms with Crippen molar-refractivity contribution < 1.29 is 22.7 Å². The van der Waals surface area contributed by atoms with Crippen molar-refractivity contribution in [3.05, 3.63) is 28.8 Å². The monoisotopic (exact) mass is 418 g/mol. The van der Waals surface area contributed by atoms with Crippen molar-refractivity contribution in [1.29, 1.82) is 0 Å². The van der Waals surface area contributed by atoms with Crippen molar-refractivity contribution in [1.82, 2.24) is 9.62 Å². The van der Waals surface area contributed by atoms with Crippen LogP contribution in [0.2, 0.25) is 5.02 Å². The summed E-state index contributed by atoms with van der Waals surface area (Å²) in [5.41, 5.74) is -1.27. The van der Waals surface area contributed by atoms with Crippen molar-refractivity contribution in [2.45, 2.75) is 57.0 Å².